The van der Waals surface area contributed by atoms with Crippen LogP contribution in [0, 0.1) is 0 Å². The fourth-order valence-electron chi connectivity index (χ4n) is 3.45. The SMILES string of the molecule is CC1CCCCN1Cc1ccccc1CNC(=O)c1cccc(N)c1. The van der Waals surface area contributed by atoms with E-state index in [1.54, 1.807) is 24.3 Å². The van der Waals surface area contributed by atoms with E-state index >= 15 is 0 Å². The van der Waals surface area contributed by atoms with Crippen molar-refractivity contribution in [2.45, 2.75) is 45.3 Å². The first kappa shape index (κ1) is 17.5. The maximum Gasteiger partial charge on any atom is 0.251 e. The zero-order chi connectivity index (χ0) is 17.6. The van der Waals surface area contributed by atoms with Crippen molar-refractivity contribution in [1.29, 1.82) is 0 Å². The molecule has 1 fully saturated rings. The average Bonchev–Trinajstić information content (AvgIpc) is 2.62. The summed E-state index contributed by atoms with van der Waals surface area (Å²) in [6, 6.07) is 16.1. The standard InChI is InChI=1S/C21H27N3O/c1-16-7-4-5-12-24(16)15-19-9-3-2-8-18(19)14-23-21(25)17-10-6-11-20(22)13-17/h2-3,6,8-11,13,16H,4-5,7,12,14-15,22H2,1H3,(H,23,25). The molecular formula is C21H27N3O. The molecule has 2 aromatic carbocycles. The molecule has 1 atom stereocenters. The van der Waals surface area contributed by atoms with Crippen LogP contribution >= 0.6 is 0 Å². The van der Waals surface area contributed by atoms with Crippen molar-refractivity contribution in [2.75, 3.05) is 12.3 Å². The van der Waals surface area contributed by atoms with Crippen molar-refractivity contribution in [1.82, 2.24) is 10.2 Å². The van der Waals surface area contributed by atoms with Gasteiger partial charge in [0.1, 0.15) is 0 Å². The monoisotopic (exact) mass is 337 g/mol. The van der Waals surface area contributed by atoms with Crippen LogP contribution in [0.15, 0.2) is 48.5 Å². The Labute approximate surface area is 150 Å². The largest absolute Gasteiger partial charge is 0.399 e. The van der Waals surface area contributed by atoms with Gasteiger partial charge in [0.2, 0.25) is 0 Å². The summed E-state index contributed by atoms with van der Waals surface area (Å²) in [6.07, 6.45) is 3.88. The molecule has 1 aliphatic rings. The molecule has 1 aliphatic heterocycles. The summed E-state index contributed by atoms with van der Waals surface area (Å²) in [5.74, 6) is -0.0894. The molecule has 1 saturated heterocycles. The van der Waals surface area contributed by atoms with E-state index in [1.165, 1.54) is 30.4 Å². The van der Waals surface area contributed by atoms with Crippen molar-refractivity contribution in [3.05, 3.63) is 65.2 Å². The molecule has 0 bridgehead atoms. The van der Waals surface area contributed by atoms with E-state index < -0.39 is 0 Å². The average molecular weight is 337 g/mol. The summed E-state index contributed by atoms with van der Waals surface area (Å²) < 4.78 is 0. The molecule has 4 nitrogen and oxygen atoms in total. The quantitative estimate of drug-likeness (QED) is 0.820. The molecule has 3 N–H and O–H groups in total. The summed E-state index contributed by atoms with van der Waals surface area (Å²) in [5.41, 5.74) is 9.44. The maximum atomic E-state index is 12.3. The molecule has 25 heavy (non-hydrogen) atoms. The number of rotatable bonds is 5. The lowest BCUT2D eigenvalue weighted by molar-refractivity contribution is 0.0950. The Morgan fingerprint density at radius 1 is 1.16 bits per heavy atom. The van der Waals surface area contributed by atoms with Gasteiger partial charge in [0.15, 0.2) is 0 Å². The number of nitrogens with two attached hydrogens (primary N) is 1. The van der Waals surface area contributed by atoms with Crippen molar-refractivity contribution in [3.8, 4) is 0 Å². The van der Waals surface area contributed by atoms with Crippen molar-refractivity contribution >= 4 is 11.6 Å². The Hall–Kier alpha value is -2.33. The summed E-state index contributed by atoms with van der Waals surface area (Å²) >= 11 is 0. The number of piperidine rings is 1. The van der Waals surface area contributed by atoms with Gasteiger partial charge in [-0.05, 0) is 55.6 Å². The molecule has 0 radical (unpaired) electrons. The van der Waals surface area contributed by atoms with Crippen LogP contribution in [-0.2, 0) is 13.1 Å². The molecule has 1 heterocycles. The third kappa shape index (κ3) is 4.60. The number of hydrogen-bond donors (Lipinski definition) is 2. The molecule has 0 saturated carbocycles. The van der Waals surface area contributed by atoms with E-state index in [0.717, 1.165) is 13.1 Å². The van der Waals surface area contributed by atoms with E-state index in [9.17, 15) is 4.79 Å². The lowest BCUT2D eigenvalue weighted by Crippen LogP contribution is -2.37. The van der Waals surface area contributed by atoms with E-state index in [0.29, 0.717) is 23.8 Å². The topological polar surface area (TPSA) is 58.4 Å². The lowest BCUT2D eigenvalue weighted by Gasteiger charge is -2.33. The Balaban J connectivity index is 1.65. The molecule has 2 aromatic rings. The number of benzene rings is 2. The Morgan fingerprint density at radius 2 is 1.96 bits per heavy atom. The van der Waals surface area contributed by atoms with Gasteiger partial charge in [-0.1, -0.05) is 36.8 Å². The number of nitrogens with one attached hydrogen (secondary N) is 1. The maximum absolute atomic E-state index is 12.3. The Kier molecular flexibility index (Phi) is 5.71. The predicted octanol–water partition coefficient (Wildman–Crippen LogP) is 3.57. The van der Waals surface area contributed by atoms with Crippen LogP contribution in [0.1, 0.15) is 47.7 Å². The number of nitrogens with zero attached hydrogens (tertiary/aromatic N) is 1. The summed E-state index contributed by atoms with van der Waals surface area (Å²) in [4.78, 5) is 14.9. The number of carbonyl (C=O) groups excluding carboxylic acids is 1. The van der Waals surface area contributed by atoms with E-state index in [2.05, 4.69) is 35.3 Å². The summed E-state index contributed by atoms with van der Waals surface area (Å²) in [6.45, 7) is 4.95. The smallest absolute Gasteiger partial charge is 0.251 e. The third-order valence-corrected chi connectivity index (χ3v) is 5.02. The lowest BCUT2D eigenvalue weighted by atomic mass is 10.0. The number of likely N-dealkylation sites (tertiary alicyclic amines) is 1. The zero-order valence-corrected chi connectivity index (χ0v) is 14.9. The molecular weight excluding hydrogens is 310 g/mol. The van der Waals surface area contributed by atoms with Crippen LogP contribution in [0.3, 0.4) is 0 Å². The van der Waals surface area contributed by atoms with Gasteiger partial charge in [-0.15, -0.1) is 0 Å². The molecule has 132 valence electrons. The molecule has 0 spiro atoms. The van der Waals surface area contributed by atoms with Gasteiger partial charge in [0.05, 0.1) is 0 Å². The minimum Gasteiger partial charge on any atom is -0.399 e. The van der Waals surface area contributed by atoms with Gasteiger partial charge >= 0.3 is 0 Å². The number of carbonyl (C=O) groups is 1. The summed E-state index contributed by atoms with van der Waals surface area (Å²) in [5, 5.41) is 3.02. The van der Waals surface area contributed by atoms with Crippen molar-refractivity contribution < 1.29 is 4.79 Å². The van der Waals surface area contributed by atoms with E-state index in [4.69, 9.17) is 5.73 Å². The Bertz CT molecular complexity index is 729. The van der Waals surface area contributed by atoms with Gasteiger partial charge in [-0.2, -0.15) is 0 Å². The first-order chi connectivity index (χ1) is 12.1. The molecule has 0 aromatic heterocycles. The van der Waals surface area contributed by atoms with Gasteiger partial charge in [0.25, 0.3) is 5.91 Å². The number of amides is 1. The van der Waals surface area contributed by atoms with Gasteiger partial charge < -0.3 is 11.1 Å². The number of anilines is 1. The van der Waals surface area contributed by atoms with Crippen LogP contribution in [-0.4, -0.2) is 23.4 Å². The first-order valence-corrected chi connectivity index (χ1v) is 9.08. The van der Waals surface area contributed by atoms with E-state index in [1.807, 2.05) is 6.07 Å². The zero-order valence-electron chi connectivity index (χ0n) is 14.9. The first-order valence-electron chi connectivity index (χ1n) is 9.08. The second-order valence-corrected chi connectivity index (χ2v) is 6.89. The molecule has 4 heteroatoms. The van der Waals surface area contributed by atoms with Crippen LogP contribution in [0.4, 0.5) is 5.69 Å². The molecule has 3 rings (SSSR count). The highest BCUT2D eigenvalue weighted by Gasteiger charge is 2.19. The summed E-state index contributed by atoms with van der Waals surface area (Å²) in [7, 11) is 0. The van der Waals surface area contributed by atoms with Crippen molar-refractivity contribution in [2.24, 2.45) is 0 Å². The number of nitrogen functional groups attached to an aromatic ring is 1. The van der Waals surface area contributed by atoms with E-state index in [-0.39, 0.29) is 5.91 Å². The van der Waals surface area contributed by atoms with Crippen molar-refractivity contribution in [3.63, 3.8) is 0 Å². The van der Waals surface area contributed by atoms with Crippen LogP contribution in [0.2, 0.25) is 0 Å². The number of hydrogen-bond acceptors (Lipinski definition) is 3. The van der Waals surface area contributed by atoms with Crippen LogP contribution in [0.5, 0.6) is 0 Å². The highest BCUT2D eigenvalue weighted by molar-refractivity contribution is 5.94. The van der Waals surface area contributed by atoms with Crippen LogP contribution < -0.4 is 11.1 Å². The predicted molar refractivity (Wildman–Crippen MR) is 102 cm³/mol. The highest BCUT2D eigenvalue weighted by atomic mass is 16.1. The minimum absolute atomic E-state index is 0.0894. The highest BCUT2D eigenvalue weighted by Crippen LogP contribution is 2.21. The normalized spacial score (nSPS) is 18.0. The van der Waals surface area contributed by atoms with Gasteiger partial charge in [0, 0.05) is 30.4 Å². The fourth-order valence-corrected chi connectivity index (χ4v) is 3.45. The van der Waals surface area contributed by atoms with Crippen LogP contribution in [0.25, 0.3) is 0 Å². The molecule has 1 amide bonds. The fraction of sp³-hybridized carbons (Fsp3) is 0.381. The third-order valence-electron chi connectivity index (χ3n) is 5.02. The molecule has 1 unspecified atom stereocenters. The minimum atomic E-state index is -0.0894. The van der Waals surface area contributed by atoms with Gasteiger partial charge in [-0.3, -0.25) is 9.69 Å². The molecule has 0 aliphatic carbocycles. The Morgan fingerprint density at radius 3 is 2.72 bits per heavy atom. The second kappa shape index (κ2) is 8.17. The second-order valence-electron chi connectivity index (χ2n) is 6.89. The van der Waals surface area contributed by atoms with Gasteiger partial charge in [-0.25, -0.2) is 0 Å².